The molecule has 12 nitrogen and oxygen atoms in total. The topological polar surface area (TPSA) is 211 Å². The van der Waals surface area contributed by atoms with Crippen LogP contribution in [0.5, 0.6) is 0 Å². The van der Waals surface area contributed by atoms with Crippen LogP contribution in [-0.4, -0.2) is 99.1 Å². The van der Waals surface area contributed by atoms with Crippen LogP contribution in [-0.2, 0) is 19.2 Å². The number of thioether (sulfide) groups is 1. The van der Waals surface area contributed by atoms with Crippen LogP contribution in [0.4, 0.5) is 0 Å². The number of carboxylic acids is 1. The van der Waals surface area contributed by atoms with Crippen molar-refractivity contribution in [3.63, 3.8) is 0 Å². The Morgan fingerprint density at radius 3 is 1.86 bits per heavy atom. The number of carbonyl (C=O) groups excluding carboxylic acids is 3. The average molecular weight is 439 g/mol. The van der Waals surface area contributed by atoms with Gasteiger partial charge in [-0.2, -0.15) is 11.8 Å². The van der Waals surface area contributed by atoms with Crippen LogP contribution < -0.4 is 21.7 Å². The van der Waals surface area contributed by atoms with Gasteiger partial charge >= 0.3 is 5.97 Å². The maximum absolute atomic E-state index is 12.5. The zero-order chi connectivity index (χ0) is 22.7. The van der Waals surface area contributed by atoms with Crippen LogP contribution in [0.3, 0.4) is 0 Å². The minimum Gasteiger partial charge on any atom is -0.480 e. The van der Waals surface area contributed by atoms with E-state index in [4.69, 9.17) is 10.8 Å². The molecule has 0 aliphatic rings. The molecule has 0 aliphatic heterocycles. The molecule has 0 saturated heterocycles. The summed E-state index contributed by atoms with van der Waals surface area (Å²) < 4.78 is 0. The van der Waals surface area contributed by atoms with Gasteiger partial charge in [-0.3, -0.25) is 14.4 Å². The third kappa shape index (κ3) is 9.41. The lowest BCUT2D eigenvalue weighted by atomic mass is 10.1. The van der Waals surface area contributed by atoms with Crippen LogP contribution in [0.2, 0.25) is 0 Å². The van der Waals surface area contributed by atoms with Gasteiger partial charge in [0, 0.05) is 0 Å². The van der Waals surface area contributed by atoms with Gasteiger partial charge in [0.05, 0.1) is 18.8 Å². The molecule has 0 aromatic heterocycles. The highest BCUT2D eigenvalue weighted by molar-refractivity contribution is 7.98. The van der Waals surface area contributed by atoms with E-state index in [-0.39, 0.29) is 6.42 Å². The summed E-state index contributed by atoms with van der Waals surface area (Å²) in [5.41, 5.74) is 5.54. The Labute approximate surface area is 172 Å². The number of nitrogens with two attached hydrogens (primary N) is 1. The fraction of sp³-hybridized carbons (Fsp3) is 0.750. The molecule has 168 valence electrons. The molecule has 6 unspecified atom stereocenters. The predicted octanol–water partition coefficient (Wildman–Crippen LogP) is -3.64. The summed E-state index contributed by atoms with van der Waals surface area (Å²) in [5, 5.41) is 43.9. The number of amides is 3. The predicted molar refractivity (Wildman–Crippen MR) is 105 cm³/mol. The van der Waals surface area contributed by atoms with E-state index in [1.54, 1.807) is 6.26 Å². The minimum absolute atomic E-state index is 0.177. The monoisotopic (exact) mass is 438 g/mol. The van der Waals surface area contributed by atoms with E-state index in [0.29, 0.717) is 5.75 Å². The summed E-state index contributed by atoms with van der Waals surface area (Å²) in [6.45, 7) is 1.62. The van der Waals surface area contributed by atoms with Crippen LogP contribution in [0.25, 0.3) is 0 Å². The van der Waals surface area contributed by atoms with Gasteiger partial charge < -0.3 is 42.1 Å². The molecule has 0 heterocycles. The van der Waals surface area contributed by atoms with Crippen LogP contribution in [0, 0.1) is 0 Å². The molecule has 0 aliphatic carbocycles. The van der Waals surface area contributed by atoms with E-state index < -0.39 is 66.7 Å². The number of rotatable bonds is 13. The second-order valence-corrected chi connectivity index (χ2v) is 7.40. The van der Waals surface area contributed by atoms with Crippen molar-refractivity contribution in [1.29, 1.82) is 0 Å². The van der Waals surface area contributed by atoms with Gasteiger partial charge in [-0.1, -0.05) is 0 Å². The molecule has 0 fully saturated rings. The average Bonchev–Trinajstić information content (AvgIpc) is 2.65. The van der Waals surface area contributed by atoms with E-state index in [1.807, 2.05) is 5.32 Å². The summed E-state index contributed by atoms with van der Waals surface area (Å²) in [6.07, 6.45) is -0.605. The van der Waals surface area contributed by atoms with Gasteiger partial charge in [-0.25, -0.2) is 4.79 Å². The Kier molecular flexibility index (Phi) is 12.4. The molecular formula is C16H30N4O8S. The zero-order valence-corrected chi connectivity index (χ0v) is 17.3. The van der Waals surface area contributed by atoms with Gasteiger partial charge in [0.15, 0.2) is 6.04 Å². The Morgan fingerprint density at radius 1 is 0.931 bits per heavy atom. The maximum Gasteiger partial charge on any atom is 0.328 e. The van der Waals surface area contributed by atoms with Crippen molar-refractivity contribution in [2.45, 2.75) is 56.6 Å². The van der Waals surface area contributed by atoms with Crippen molar-refractivity contribution in [3.05, 3.63) is 0 Å². The third-order valence-electron chi connectivity index (χ3n) is 3.93. The second-order valence-electron chi connectivity index (χ2n) is 6.42. The molecule has 0 rings (SSSR count). The number of aliphatic hydroxyl groups excluding tert-OH is 3. The number of carbonyl (C=O) groups is 4. The van der Waals surface area contributed by atoms with Crippen molar-refractivity contribution >= 4 is 35.5 Å². The molecule has 0 bridgehead atoms. The normalized spacial score (nSPS) is 17.2. The molecule has 0 radical (unpaired) electrons. The van der Waals surface area contributed by atoms with Gasteiger partial charge in [-0.15, -0.1) is 0 Å². The molecule has 6 atom stereocenters. The maximum atomic E-state index is 12.5. The summed E-state index contributed by atoms with van der Waals surface area (Å²) >= 11 is 1.40. The van der Waals surface area contributed by atoms with Crippen molar-refractivity contribution in [1.82, 2.24) is 16.0 Å². The minimum atomic E-state index is -1.63. The zero-order valence-electron chi connectivity index (χ0n) is 16.5. The summed E-state index contributed by atoms with van der Waals surface area (Å²) in [6, 6.07) is -5.51. The Bertz CT molecular complexity index is 575. The third-order valence-corrected chi connectivity index (χ3v) is 4.57. The molecule has 3 amide bonds. The number of aliphatic carboxylic acids is 1. The first-order chi connectivity index (χ1) is 13.5. The second kappa shape index (κ2) is 13.3. The number of hydrogen-bond donors (Lipinski definition) is 8. The molecular weight excluding hydrogens is 408 g/mol. The van der Waals surface area contributed by atoms with E-state index in [2.05, 4.69) is 10.6 Å². The van der Waals surface area contributed by atoms with E-state index >= 15 is 0 Å². The SMILES string of the molecule is CSCCC(NC(=O)C(N)C(C)O)C(=O)NC(CO)C(=O)NC(C(=O)O)C(C)O. The molecule has 13 heteroatoms. The van der Waals surface area contributed by atoms with E-state index in [9.17, 15) is 34.5 Å². The molecule has 0 saturated carbocycles. The lowest BCUT2D eigenvalue weighted by molar-refractivity contribution is -0.145. The van der Waals surface area contributed by atoms with Crippen molar-refractivity contribution < 1.29 is 39.6 Å². The quantitative estimate of drug-likeness (QED) is 0.141. The first-order valence-electron chi connectivity index (χ1n) is 8.81. The number of hydrogen-bond acceptors (Lipinski definition) is 9. The number of aliphatic hydroxyl groups is 3. The van der Waals surface area contributed by atoms with Crippen molar-refractivity contribution in [3.8, 4) is 0 Å². The molecule has 0 aromatic rings. The van der Waals surface area contributed by atoms with Gasteiger partial charge in [-0.05, 0) is 32.3 Å². The highest BCUT2D eigenvalue weighted by Gasteiger charge is 2.31. The lowest BCUT2D eigenvalue weighted by Crippen LogP contribution is -2.59. The fourth-order valence-corrected chi connectivity index (χ4v) is 2.57. The van der Waals surface area contributed by atoms with Crippen LogP contribution in [0.15, 0.2) is 0 Å². The highest BCUT2D eigenvalue weighted by atomic mass is 32.2. The van der Waals surface area contributed by atoms with Gasteiger partial charge in [0.25, 0.3) is 0 Å². The lowest BCUT2D eigenvalue weighted by Gasteiger charge is -2.25. The fourth-order valence-electron chi connectivity index (χ4n) is 2.10. The molecule has 9 N–H and O–H groups in total. The first kappa shape index (κ1) is 27.1. The molecule has 29 heavy (non-hydrogen) atoms. The van der Waals surface area contributed by atoms with Gasteiger partial charge in [0.2, 0.25) is 17.7 Å². The number of nitrogens with one attached hydrogen (secondary N) is 3. The number of carboxylic acid groups (broad SMARTS) is 1. The Morgan fingerprint density at radius 2 is 1.45 bits per heavy atom. The highest BCUT2D eigenvalue weighted by Crippen LogP contribution is 2.03. The molecule has 0 aromatic carbocycles. The molecule has 0 spiro atoms. The van der Waals surface area contributed by atoms with Gasteiger partial charge in [0.1, 0.15) is 18.1 Å². The first-order valence-corrected chi connectivity index (χ1v) is 10.2. The van der Waals surface area contributed by atoms with E-state index in [1.165, 1.54) is 18.7 Å². The van der Waals surface area contributed by atoms with Crippen molar-refractivity contribution in [2.75, 3.05) is 18.6 Å². The Hall–Kier alpha value is -1.93. The summed E-state index contributed by atoms with van der Waals surface area (Å²) in [4.78, 5) is 47.8. The van der Waals surface area contributed by atoms with Crippen molar-refractivity contribution in [2.24, 2.45) is 5.73 Å². The summed E-state index contributed by atoms with van der Waals surface area (Å²) in [7, 11) is 0. The summed E-state index contributed by atoms with van der Waals surface area (Å²) in [5.74, 6) is -3.62. The van der Waals surface area contributed by atoms with Crippen LogP contribution >= 0.6 is 11.8 Å². The van der Waals surface area contributed by atoms with E-state index in [0.717, 1.165) is 6.92 Å². The smallest absolute Gasteiger partial charge is 0.328 e. The largest absolute Gasteiger partial charge is 0.480 e. The van der Waals surface area contributed by atoms with Crippen LogP contribution in [0.1, 0.15) is 20.3 Å². The standard InChI is InChI=1S/C16H30N4O8S/c1-7(22)11(17)15(26)18-9(4-5-29-3)13(24)19-10(6-21)14(25)20-12(8(2)23)16(27)28/h7-12,21-23H,4-6,17H2,1-3H3,(H,18,26)(H,19,24)(H,20,25)(H,27,28). The Balaban J connectivity index is 5.19.